The van der Waals surface area contributed by atoms with Gasteiger partial charge < -0.3 is 15.4 Å². The lowest BCUT2D eigenvalue weighted by atomic mass is 10.0. The first-order valence-electron chi connectivity index (χ1n) is 5.71. The van der Waals surface area contributed by atoms with E-state index in [0.717, 1.165) is 26.1 Å². The van der Waals surface area contributed by atoms with Crippen LogP contribution in [-0.2, 0) is 14.3 Å². The summed E-state index contributed by atoms with van der Waals surface area (Å²) in [4.78, 5) is 20.2. The topological polar surface area (TPSA) is 67.4 Å². The lowest BCUT2D eigenvalue weighted by Gasteiger charge is -2.25. The molecular formula is C11H22N2O3. The summed E-state index contributed by atoms with van der Waals surface area (Å²) in [6, 6.07) is 0. The molecule has 0 aromatic heterocycles. The van der Waals surface area contributed by atoms with Gasteiger partial charge in [-0.05, 0) is 6.42 Å². The van der Waals surface area contributed by atoms with Crippen LogP contribution >= 0.6 is 0 Å². The second-order valence-electron chi connectivity index (χ2n) is 3.69. The van der Waals surface area contributed by atoms with Gasteiger partial charge in [0, 0.05) is 19.6 Å². The van der Waals surface area contributed by atoms with Gasteiger partial charge in [0.25, 0.3) is 6.47 Å². The fourth-order valence-corrected chi connectivity index (χ4v) is 1.20. The summed E-state index contributed by atoms with van der Waals surface area (Å²) >= 11 is 0. The highest BCUT2D eigenvalue weighted by Crippen LogP contribution is 2.02. The van der Waals surface area contributed by atoms with Gasteiger partial charge in [-0.3, -0.25) is 9.59 Å². The van der Waals surface area contributed by atoms with Gasteiger partial charge in [0.05, 0.1) is 13.0 Å². The van der Waals surface area contributed by atoms with Crippen LogP contribution in [0.15, 0.2) is 0 Å². The zero-order chi connectivity index (χ0) is 12.2. The minimum atomic E-state index is 0.227. The molecule has 2 N–H and O–H groups in total. The number of methoxy groups -OCH3 is 1. The van der Waals surface area contributed by atoms with Gasteiger partial charge in [-0.25, -0.2) is 0 Å². The molecular weight excluding hydrogens is 208 g/mol. The predicted octanol–water partition coefficient (Wildman–Crippen LogP) is 0.301. The zero-order valence-electron chi connectivity index (χ0n) is 10.1. The molecule has 5 nitrogen and oxygen atoms in total. The van der Waals surface area contributed by atoms with Crippen molar-refractivity contribution in [3.63, 3.8) is 0 Å². The molecule has 0 radical (unpaired) electrons. The van der Waals surface area contributed by atoms with Gasteiger partial charge in [0.1, 0.15) is 0 Å². The molecule has 1 fully saturated rings. The number of hydrogen-bond acceptors (Lipinski definition) is 4. The Morgan fingerprint density at radius 3 is 2.50 bits per heavy atom. The largest absolute Gasteiger partial charge is 0.471 e. The van der Waals surface area contributed by atoms with Crippen LogP contribution in [0.4, 0.5) is 0 Å². The highest BCUT2D eigenvalue weighted by molar-refractivity contribution is 5.79. The Morgan fingerprint density at radius 1 is 1.50 bits per heavy atom. The molecule has 1 amide bonds. The molecule has 1 heterocycles. The van der Waals surface area contributed by atoms with Crippen molar-refractivity contribution in [3.8, 4) is 0 Å². The van der Waals surface area contributed by atoms with Crippen molar-refractivity contribution in [2.75, 3.05) is 26.7 Å². The lowest BCUT2D eigenvalue weighted by Crippen LogP contribution is -2.50. The molecule has 1 rings (SSSR count). The summed E-state index contributed by atoms with van der Waals surface area (Å²) < 4.78 is 3.86. The van der Waals surface area contributed by atoms with Gasteiger partial charge in [0.2, 0.25) is 5.91 Å². The number of hydrogen-bond donors (Lipinski definition) is 2. The molecule has 0 aromatic carbocycles. The molecule has 0 aliphatic carbocycles. The van der Waals surface area contributed by atoms with Gasteiger partial charge in [-0.2, -0.15) is 0 Å². The van der Waals surface area contributed by atoms with E-state index < -0.39 is 0 Å². The van der Waals surface area contributed by atoms with Gasteiger partial charge in [-0.1, -0.05) is 19.8 Å². The van der Waals surface area contributed by atoms with E-state index >= 15 is 0 Å². The summed E-state index contributed by atoms with van der Waals surface area (Å²) in [6.07, 6.45) is 3.53. The number of ether oxygens (including phenoxy) is 1. The van der Waals surface area contributed by atoms with Crippen LogP contribution in [0, 0.1) is 5.92 Å². The average Bonchev–Trinajstić information content (AvgIpc) is 2.22. The predicted molar refractivity (Wildman–Crippen MR) is 62.0 cm³/mol. The Morgan fingerprint density at radius 2 is 2.12 bits per heavy atom. The average molecular weight is 230 g/mol. The van der Waals surface area contributed by atoms with Crippen LogP contribution in [0.1, 0.15) is 26.2 Å². The molecule has 1 aliphatic rings. The van der Waals surface area contributed by atoms with Crippen molar-refractivity contribution in [3.05, 3.63) is 0 Å². The molecule has 94 valence electrons. The third-order valence-corrected chi connectivity index (χ3v) is 2.33. The van der Waals surface area contributed by atoms with Gasteiger partial charge >= 0.3 is 0 Å². The monoisotopic (exact) mass is 230 g/mol. The molecule has 1 saturated heterocycles. The van der Waals surface area contributed by atoms with Crippen LogP contribution in [-0.4, -0.2) is 39.1 Å². The standard InChI is InChI=1S/C9H18N2O.C2H4O2/c1-2-3-4-5-11-9(12)8-6-10-7-8;1-4-2-3/h8,10H,2-7H2,1H3,(H,11,12);2H,1H3. The minimum Gasteiger partial charge on any atom is -0.471 e. The molecule has 16 heavy (non-hydrogen) atoms. The normalized spacial score (nSPS) is 14.1. The summed E-state index contributed by atoms with van der Waals surface area (Å²) in [7, 11) is 1.31. The maximum atomic E-state index is 11.2. The molecule has 0 unspecified atom stereocenters. The third-order valence-electron chi connectivity index (χ3n) is 2.33. The molecule has 0 aromatic rings. The van der Waals surface area contributed by atoms with Crippen molar-refractivity contribution < 1.29 is 14.3 Å². The number of carbonyl (C=O) groups excluding carboxylic acids is 2. The van der Waals surface area contributed by atoms with Gasteiger partial charge in [0.15, 0.2) is 0 Å². The van der Waals surface area contributed by atoms with E-state index in [1.165, 1.54) is 20.0 Å². The van der Waals surface area contributed by atoms with Crippen LogP contribution in [0.25, 0.3) is 0 Å². The molecule has 0 saturated carbocycles. The van der Waals surface area contributed by atoms with E-state index in [1.807, 2.05) is 0 Å². The SMILES string of the molecule is CCCCCNC(=O)C1CNC1.COC=O. The molecule has 0 bridgehead atoms. The summed E-state index contributed by atoms with van der Waals surface area (Å²) in [5.41, 5.74) is 0. The maximum Gasteiger partial charge on any atom is 0.292 e. The number of amides is 1. The Labute approximate surface area is 96.9 Å². The van der Waals surface area contributed by atoms with E-state index in [1.54, 1.807) is 0 Å². The summed E-state index contributed by atoms with van der Waals surface area (Å²) in [5.74, 6) is 0.469. The molecule has 0 atom stereocenters. The first-order chi connectivity index (χ1) is 7.76. The molecule has 0 spiro atoms. The van der Waals surface area contributed by atoms with Crippen LogP contribution in [0.3, 0.4) is 0 Å². The van der Waals surface area contributed by atoms with E-state index in [2.05, 4.69) is 22.3 Å². The van der Waals surface area contributed by atoms with E-state index in [4.69, 9.17) is 4.79 Å². The minimum absolute atomic E-state index is 0.227. The van der Waals surface area contributed by atoms with Crippen molar-refractivity contribution >= 4 is 12.4 Å². The zero-order valence-corrected chi connectivity index (χ0v) is 10.1. The van der Waals surface area contributed by atoms with Crippen molar-refractivity contribution in [2.45, 2.75) is 26.2 Å². The van der Waals surface area contributed by atoms with Crippen LogP contribution in [0.2, 0.25) is 0 Å². The fourth-order valence-electron chi connectivity index (χ4n) is 1.20. The number of nitrogens with one attached hydrogen (secondary N) is 2. The first-order valence-corrected chi connectivity index (χ1v) is 5.71. The summed E-state index contributed by atoms with van der Waals surface area (Å²) in [5, 5.41) is 6.02. The smallest absolute Gasteiger partial charge is 0.292 e. The Hall–Kier alpha value is -1.10. The number of unbranched alkanes of at least 4 members (excludes halogenated alkanes) is 2. The third kappa shape index (κ3) is 7.23. The quantitative estimate of drug-likeness (QED) is 0.509. The second kappa shape index (κ2) is 10.4. The summed E-state index contributed by atoms with van der Waals surface area (Å²) in [6.45, 7) is 5.11. The second-order valence-corrected chi connectivity index (χ2v) is 3.69. The Bertz CT molecular complexity index is 194. The Balaban J connectivity index is 0.000000487. The van der Waals surface area contributed by atoms with Gasteiger partial charge in [-0.15, -0.1) is 0 Å². The maximum absolute atomic E-state index is 11.2. The number of rotatable bonds is 6. The molecule has 5 heteroatoms. The van der Waals surface area contributed by atoms with E-state index in [0.29, 0.717) is 6.47 Å². The first kappa shape index (κ1) is 14.9. The van der Waals surface area contributed by atoms with Crippen molar-refractivity contribution in [1.29, 1.82) is 0 Å². The van der Waals surface area contributed by atoms with E-state index in [9.17, 15) is 4.79 Å². The molecule has 1 aliphatic heterocycles. The van der Waals surface area contributed by atoms with Crippen molar-refractivity contribution in [1.82, 2.24) is 10.6 Å². The highest BCUT2D eigenvalue weighted by Gasteiger charge is 2.23. The lowest BCUT2D eigenvalue weighted by molar-refractivity contribution is -0.127. The fraction of sp³-hybridized carbons (Fsp3) is 0.818. The van der Waals surface area contributed by atoms with Crippen LogP contribution in [0.5, 0.6) is 0 Å². The Kier molecular flexibility index (Phi) is 9.70. The van der Waals surface area contributed by atoms with E-state index in [-0.39, 0.29) is 11.8 Å². The van der Waals surface area contributed by atoms with Crippen molar-refractivity contribution in [2.24, 2.45) is 5.92 Å². The number of carbonyl (C=O) groups is 2. The highest BCUT2D eigenvalue weighted by atomic mass is 16.5. The van der Waals surface area contributed by atoms with Crippen LogP contribution < -0.4 is 10.6 Å².